The van der Waals surface area contributed by atoms with Crippen molar-refractivity contribution in [3.63, 3.8) is 0 Å². The first kappa shape index (κ1) is 21.9. The third-order valence-corrected chi connectivity index (χ3v) is 5.64. The molecule has 1 aliphatic heterocycles. The van der Waals surface area contributed by atoms with Gasteiger partial charge in [-0.1, -0.05) is 32.0 Å². The van der Waals surface area contributed by atoms with Gasteiger partial charge in [0, 0.05) is 12.1 Å². The molecule has 1 heterocycles. The molecule has 2 aromatic rings. The molecular formula is C19H21BFN3O5S. The van der Waals surface area contributed by atoms with E-state index in [9.17, 15) is 22.9 Å². The predicted octanol–water partition coefficient (Wildman–Crippen LogP) is 0.955. The zero-order valence-electron chi connectivity index (χ0n) is 16.7. The molecule has 1 aliphatic rings. The number of nitrogens with zero attached hydrogens (tertiary/aromatic N) is 3. The summed E-state index contributed by atoms with van der Waals surface area (Å²) >= 11 is 0. The highest BCUT2D eigenvalue weighted by molar-refractivity contribution is 7.90. The van der Waals surface area contributed by atoms with Crippen molar-refractivity contribution >= 4 is 34.7 Å². The molecule has 0 saturated heterocycles. The number of ether oxygens (including phenoxy) is 1. The van der Waals surface area contributed by atoms with E-state index < -0.39 is 23.0 Å². The van der Waals surface area contributed by atoms with E-state index in [2.05, 4.69) is 9.50 Å². The van der Waals surface area contributed by atoms with E-state index in [1.807, 2.05) is 13.8 Å². The van der Waals surface area contributed by atoms with E-state index >= 15 is 0 Å². The van der Waals surface area contributed by atoms with Crippen molar-refractivity contribution < 1.29 is 27.6 Å². The van der Waals surface area contributed by atoms with Gasteiger partial charge in [-0.25, -0.2) is 9.40 Å². The SMILES string of the molecule is COc1cc(/C=N/N(CC(C)C)C2=NS(=O)(=O)c3cc(B(O)O)ccc32)ccc1F. The zero-order valence-corrected chi connectivity index (χ0v) is 17.5. The van der Waals surface area contributed by atoms with E-state index in [-0.39, 0.29) is 27.9 Å². The van der Waals surface area contributed by atoms with Crippen LogP contribution in [0, 0.1) is 11.7 Å². The molecule has 30 heavy (non-hydrogen) atoms. The highest BCUT2D eigenvalue weighted by Crippen LogP contribution is 2.28. The van der Waals surface area contributed by atoms with Gasteiger partial charge < -0.3 is 14.8 Å². The number of hydrogen-bond donors (Lipinski definition) is 2. The minimum atomic E-state index is -4.01. The fourth-order valence-corrected chi connectivity index (χ4v) is 4.16. The van der Waals surface area contributed by atoms with Crippen molar-refractivity contribution in [2.75, 3.05) is 13.7 Å². The number of halogens is 1. The standard InChI is InChI=1S/C19H21BFN3O5S/c1-12(2)11-24(22-10-13-4-7-16(21)17(8-13)29-3)19-15-6-5-14(20(25)26)9-18(15)30(27,28)23-19/h4-10,12,25-26H,11H2,1-3H3/b22-10+. The summed E-state index contributed by atoms with van der Waals surface area (Å²) in [5.41, 5.74) is 0.919. The molecule has 3 rings (SSSR count). The monoisotopic (exact) mass is 433 g/mol. The first-order chi connectivity index (χ1) is 14.1. The summed E-state index contributed by atoms with van der Waals surface area (Å²) in [6.07, 6.45) is 1.46. The largest absolute Gasteiger partial charge is 0.494 e. The van der Waals surface area contributed by atoms with Gasteiger partial charge in [-0.05, 0) is 35.1 Å². The van der Waals surface area contributed by atoms with Crippen LogP contribution in [0.2, 0.25) is 0 Å². The second kappa shape index (κ2) is 8.54. The average Bonchev–Trinajstić information content (AvgIpc) is 2.96. The van der Waals surface area contributed by atoms with Crippen molar-refractivity contribution in [2.24, 2.45) is 15.4 Å². The van der Waals surface area contributed by atoms with Crippen LogP contribution in [0.4, 0.5) is 4.39 Å². The normalized spacial score (nSPS) is 14.7. The van der Waals surface area contributed by atoms with Gasteiger partial charge in [0.25, 0.3) is 10.0 Å². The molecule has 0 amide bonds. The second-order valence-corrected chi connectivity index (χ2v) is 8.71. The third-order valence-electron chi connectivity index (χ3n) is 4.33. The number of sulfonamides is 1. The lowest BCUT2D eigenvalue weighted by Crippen LogP contribution is -2.32. The van der Waals surface area contributed by atoms with Crippen LogP contribution in [-0.4, -0.2) is 56.3 Å². The van der Waals surface area contributed by atoms with Crippen molar-refractivity contribution in [2.45, 2.75) is 18.7 Å². The first-order valence-corrected chi connectivity index (χ1v) is 10.6. The maximum atomic E-state index is 13.6. The number of fused-ring (bicyclic) bond motifs is 1. The zero-order chi connectivity index (χ0) is 22.1. The summed E-state index contributed by atoms with van der Waals surface area (Å²) in [5, 5.41) is 24.5. The second-order valence-electron chi connectivity index (χ2n) is 7.13. The fraction of sp³-hybridized carbons (Fsp3) is 0.263. The van der Waals surface area contributed by atoms with Crippen LogP contribution in [-0.2, 0) is 10.0 Å². The molecule has 0 fully saturated rings. The Morgan fingerprint density at radius 2 is 2.00 bits per heavy atom. The Hall–Kier alpha value is -2.76. The molecule has 0 unspecified atom stereocenters. The molecule has 158 valence electrons. The van der Waals surface area contributed by atoms with Crippen molar-refractivity contribution in [1.29, 1.82) is 0 Å². The molecule has 0 atom stereocenters. The van der Waals surface area contributed by atoms with Crippen LogP contribution in [0.25, 0.3) is 0 Å². The summed E-state index contributed by atoms with van der Waals surface area (Å²) < 4.78 is 47.5. The number of methoxy groups -OCH3 is 1. The van der Waals surface area contributed by atoms with Gasteiger partial charge in [-0.2, -0.15) is 13.5 Å². The summed E-state index contributed by atoms with van der Waals surface area (Å²) in [7, 11) is -4.45. The lowest BCUT2D eigenvalue weighted by molar-refractivity contribution is 0.384. The highest BCUT2D eigenvalue weighted by atomic mass is 32.2. The third kappa shape index (κ3) is 4.53. The van der Waals surface area contributed by atoms with Crippen molar-refractivity contribution in [1.82, 2.24) is 5.01 Å². The molecule has 0 aliphatic carbocycles. The number of benzene rings is 2. The molecule has 8 nitrogen and oxygen atoms in total. The first-order valence-electron chi connectivity index (χ1n) is 9.13. The molecule has 0 radical (unpaired) electrons. The van der Waals surface area contributed by atoms with E-state index in [1.165, 1.54) is 54.7 Å². The smallest absolute Gasteiger partial charge is 0.488 e. The molecule has 0 aromatic heterocycles. The maximum absolute atomic E-state index is 13.6. The molecule has 0 saturated carbocycles. The molecule has 0 bridgehead atoms. The lowest BCUT2D eigenvalue weighted by atomic mass is 9.80. The number of hydrogen-bond acceptors (Lipinski definition) is 7. The van der Waals surface area contributed by atoms with Crippen LogP contribution in [0.1, 0.15) is 25.0 Å². The van der Waals surface area contributed by atoms with Gasteiger partial charge >= 0.3 is 7.12 Å². The van der Waals surface area contributed by atoms with Gasteiger partial charge in [0.2, 0.25) is 0 Å². The minimum Gasteiger partial charge on any atom is -0.494 e. The van der Waals surface area contributed by atoms with Crippen LogP contribution < -0.4 is 10.2 Å². The van der Waals surface area contributed by atoms with E-state index in [1.54, 1.807) is 0 Å². The molecule has 2 N–H and O–H groups in total. The van der Waals surface area contributed by atoms with Gasteiger partial charge in [-0.15, -0.1) is 4.40 Å². The number of hydrazone groups is 1. The van der Waals surface area contributed by atoms with Gasteiger partial charge in [0.1, 0.15) is 4.90 Å². The number of amidine groups is 1. The van der Waals surface area contributed by atoms with Crippen molar-refractivity contribution in [3.8, 4) is 5.75 Å². The predicted molar refractivity (Wildman–Crippen MR) is 112 cm³/mol. The van der Waals surface area contributed by atoms with Crippen LogP contribution >= 0.6 is 0 Å². The van der Waals surface area contributed by atoms with Gasteiger partial charge in [-0.3, -0.25) is 0 Å². The van der Waals surface area contributed by atoms with Gasteiger partial charge in [0.15, 0.2) is 17.4 Å². The lowest BCUT2D eigenvalue weighted by Gasteiger charge is -2.21. The van der Waals surface area contributed by atoms with Crippen LogP contribution in [0.5, 0.6) is 5.75 Å². The Kier molecular flexibility index (Phi) is 6.25. The Morgan fingerprint density at radius 1 is 1.27 bits per heavy atom. The highest BCUT2D eigenvalue weighted by Gasteiger charge is 2.33. The Bertz CT molecular complexity index is 1120. The Morgan fingerprint density at radius 3 is 2.63 bits per heavy atom. The maximum Gasteiger partial charge on any atom is 0.488 e. The summed E-state index contributed by atoms with van der Waals surface area (Å²) in [4.78, 5) is -0.115. The number of rotatable bonds is 6. The Balaban J connectivity index is 2.01. The quantitative estimate of drug-likeness (QED) is 0.399. The fourth-order valence-electron chi connectivity index (χ4n) is 2.92. The van der Waals surface area contributed by atoms with E-state index in [4.69, 9.17) is 4.74 Å². The van der Waals surface area contributed by atoms with Gasteiger partial charge in [0.05, 0.1) is 13.3 Å². The molecule has 2 aromatic carbocycles. The summed E-state index contributed by atoms with van der Waals surface area (Å²) in [6.45, 7) is 4.26. The summed E-state index contributed by atoms with van der Waals surface area (Å²) in [5.74, 6) is -0.188. The Labute approximate surface area is 174 Å². The molecular weight excluding hydrogens is 412 g/mol. The van der Waals surface area contributed by atoms with E-state index in [0.717, 1.165) is 0 Å². The van der Waals surface area contributed by atoms with Crippen molar-refractivity contribution in [3.05, 3.63) is 53.3 Å². The van der Waals surface area contributed by atoms with E-state index in [0.29, 0.717) is 17.7 Å². The summed E-state index contributed by atoms with van der Waals surface area (Å²) in [6, 6.07) is 8.32. The molecule has 0 spiro atoms. The minimum absolute atomic E-state index is 0.0473. The van der Waals surface area contributed by atoms with Crippen LogP contribution in [0.3, 0.4) is 0 Å². The topological polar surface area (TPSA) is 112 Å². The molecule has 11 heteroatoms. The average molecular weight is 433 g/mol. The van der Waals surface area contributed by atoms with Crippen LogP contribution in [0.15, 0.2) is 50.8 Å².